The van der Waals surface area contributed by atoms with Crippen molar-refractivity contribution in [3.63, 3.8) is 0 Å². The van der Waals surface area contributed by atoms with E-state index >= 15 is 0 Å². The number of amides is 1. The maximum atomic E-state index is 11.4. The predicted octanol–water partition coefficient (Wildman–Crippen LogP) is -0.481. The Morgan fingerprint density at radius 1 is 1.22 bits per heavy atom. The van der Waals surface area contributed by atoms with E-state index in [4.69, 9.17) is 14.0 Å². The third-order valence-corrected chi connectivity index (χ3v) is 4.59. The SMILES string of the molecule is CC(=O)Nc1noc(C23CCN(C2)C2(CC3)OC(=O)C(=O)O2)n1. The molecule has 1 aromatic rings. The minimum absolute atomic E-state index is 0.124. The highest BCUT2D eigenvalue weighted by molar-refractivity contribution is 6.31. The first kappa shape index (κ1) is 14.1. The van der Waals surface area contributed by atoms with Crippen LogP contribution in [0.25, 0.3) is 0 Å². The summed E-state index contributed by atoms with van der Waals surface area (Å²) >= 11 is 0. The van der Waals surface area contributed by atoms with E-state index in [0.29, 0.717) is 38.2 Å². The van der Waals surface area contributed by atoms with Gasteiger partial charge < -0.3 is 14.0 Å². The number of carbonyl (C=O) groups is 3. The van der Waals surface area contributed by atoms with Crippen LogP contribution in [-0.4, -0.2) is 51.9 Å². The van der Waals surface area contributed by atoms with E-state index in [1.165, 1.54) is 6.92 Å². The average molecular weight is 322 g/mol. The first-order chi connectivity index (χ1) is 10.9. The molecule has 3 aliphatic rings. The van der Waals surface area contributed by atoms with Crippen LogP contribution in [0.3, 0.4) is 0 Å². The van der Waals surface area contributed by atoms with Crippen molar-refractivity contribution in [1.82, 2.24) is 15.0 Å². The van der Waals surface area contributed by atoms with E-state index in [1.807, 2.05) is 4.90 Å². The molecular weight excluding hydrogens is 308 g/mol. The zero-order valence-corrected chi connectivity index (χ0v) is 12.3. The average Bonchev–Trinajstić information content (AvgIpc) is 3.15. The molecule has 122 valence electrons. The van der Waals surface area contributed by atoms with Gasteiger partial charge in [0.15, 0.2) is 0 Å². The molecule has 1 aromatic heterocycles. The van der Waals surface area contributed by atoms with Crippen LogP contribution < -0.4 is 5.32 Å². The van der Waals surface area contributed by atoms with Crippen LogP contribution in [0.5, 0.6) is 0 Å². The molecule has 10 nitrogen and oxygen atoms in total. The highest BCUT2D eigenvalue weighted by atomic mass is 16.8. The summed E-state index contributed by atoms with van der Waals surface area (Å²) < 4.78 is 15.6. The second-order valence-electron chi connectivity index (χ2n) is 6.05. The number of hydrogen-bond acceptors (Lipinski definition) is 9. The van der Waals surface area contributed by atoms with E-state index < -0.39 is 23.3 Å². The number of nitrogens with one attached hydrogen (secondary N) is 1. The molecule has 3 saturated heterocycles. The van der Waals surface area contributed by atoms with Crippen molar-refractivity contribution in [3.05, 3.63) is 5.89 Å². The number of hydrogen-bond donors (Lipinski definition) is 1. The quantitative estimate of drug-likeness (QED) is 0.567. The zero-order chi connectivity index (χ0) is 16.2. The summed E-state index contributed by atoms with van der Waals surface area (Å²) in [6, 6.07) is 0. The summed E-state index contributed by atoms with van der Waals surface area (Å²) in [7, 11) is 0. The number of piperidine rings is 1. The van der Waals surface area contributed by atoms with Gasteiger partial charge in [0.05, 0.1) is 5.41 Å². The number of carbonyl (C=O) groups excluding carboxylic acids is 3. The Bertz CT molecular complexity index is 699. The van der Waals surface area contributed by atoms with Crippen molar-refractivity contribution < 1.29 is 28.4 Å². The highest BCUT2D eigenvalue weighted by Gasteiger charge is 2.62. The molecule has 3 aliphatic heterocycles. The van der Waals surface area contributed by atoms with Crippen LogP contribution in [0, 0.1) is 0 Å². The molecule has 3 fully saturated rings. The van der Waals surface area contributed by atoms with Gasteiger partial charge in [-0.15, -0.1) is 0 Å². The molecule has 2 atom stereocenters. The van der Waals surface area contributed by atoms with Gasteiger partial charge in [-0.3, -0.25) is 10.1 Å². The molecule has 4 rings (SSSR count). The number of esters is 2. The standard InChI is InChI=1S/C13H14N4O6/c1-7(18)14-11-15-10(23-16-11)12-2-3-13(17(6-12)5-4-12)21-8(19)9(20)22-13/h2-6H2,1H3,(H,14,16,18). The number of ether oxygens (including phenoxy) is 2. The largest absolute Gasteiger partial charge is 0.421 e. The maximum absolute atomic E-state index is 11.4. The van der Waals surface area contributed by atoms with E-state index in [0.717, 1.165) is 0 Å². The number of anilines is 1. The molecule has 1 N–H and O–H groups in total. The minimum atomic E-state index is -1.30. The van der Waals surface area contributed by atoms with Crippen LogP contribution >= 0.6 is 0 Å². The third-order valence-electron chi connectivity index (χ3n) is 4.59. The predicted molar refractivity (Wildman–Crippen MR) is 70.6 cm³/mol. The fourth-order valence-corrected chi connectivity index (χ4v) is 3.48. The van der Waals surface area contributed by atoms with Gasteiger partial charge in [0.1, 0.15) is 0 Å². The van der Waals surface area contributed by atoms with E-state index in [9.17, 15) is 14.4 Å². The van der Waals surface area contributed by atoms with Crippen molar-refractivity contribution in [3.8, 4) is 0 Å². The summed E-state index contributed by atoms with van der Waals surface area (Å²) in [5.41, 5.74) is -0.392. The molecule has 23 heavy (non-hydrogen) atoms. The lowest BCUT2D eigenvalue weighted by atomic mass is 9.80. The molecule has 0 saturated carbocycles. The summed E-state index contributed by atoms with van der Waals surface area (Å²) in [4.78, 5) is 39.8. The van der Waals surface area contributed by atoms with Crippen LogP contribution in [0.1, 0.15) is 32.1 Å². The second-order valence-corrected chi connectivity index (χ2v) is 6.05. The number of aromatic nitrogens is 2. The first-order valence-corrected chi connectivity index (χ1v) is 7.26. The highest BCUT2D eigenvalue weighted by Crippen LogP contribution is 2.49. The summed E-state index contributed by atoms with van der Waals surface area (Å²) in [6.07, 6.45) is 1.60. The lowest BCUT2D eigenvalue weighted by molar-refractivity contribution is -0.259. The first-order valence-electron chi connectivity index (χ1n) is 7.26. The number of fused-ring (bicyclic) bond motifs is 3. The third kappa shape index (κ3) is 2.01. The van der Waals surface area contributed by atoms with Crippen molar-refractivity contribution in [2.45, 2.75) is 37.5 Å². The van der Waals surface area contributed by atoms with Gasteiger partial charge in [-0.1, -0.05) is 0 Å². The molecule has 1 spiro atoms. The molecule has 1 amide bonds. The Morgan fingerprint density at radius 2 is 1.96 bits per heavy atom. The van der Waals surface area contributed by atoms with Crippen LogP contribution in [0.15, 0.2) is 4.52 Å². The van der Waals surface area contributed by atoms with Gasteiger partial charge in [0, 0.05) is 26.4 Å². The molecule has 0 radical (unpaired) electrons. The monoisotopic (exact) mass is 322 g/mol. The van der Waals surface area contributed by atoms with Crippen molar-refractivity contribution in [2.75, 3.05) is 18.4 Å². The molecule has 2 unspecified atom stereocenters. The summed E-state index contributed by atoms with van der Waals surface area (Å²) in [5.74, 6) is -2.96. The van der Waals surface area contributed by atoms with E-state index in [2.05, 4.69) is 15.5 Å². The normalized spacial score (nSPS) is 31.1. The molecule has 10 heteroatoms. The van der Waals surface area contributed by atoms with Crippen LogP contribution in [0.2, 0.25) is 0 Å². The Morgan fingerprint density at radius 3 is 2.65 bits per heavy atom. The Balaban J connectivity index is 1.57. The summed E-state index contributed by atoms with van der Waals surface area (Å²) in [5, 5.41) is 6.22. The zero-order valence-electron chi connectivity index (χ0n) is 12.3. The fraction of sp³-hybridized carbons (Fsp3) is 0.615. The molecular formula is C13H14N4O6. The Kier molecular flexibility index (Phi) is 2.77. The topological polar surface area (TPSA) is 124 Å². The van der Waals surface area contributed by atoms with Gasteiger partial charge in [-0.2, -0.15) is 4.98 Å². The molecule has 2 bridgehead atoms. The van der Waals surface area contributed by atoms with Crippen molar-refractivity contribution >= 4 is 23.8 Å². The lowest BCUT2D eigenvalue weighted by Gasteiger charge is -2.40. The van der Waals surface area contributed by atoms with Gasteiger partial charge in [0.25, 0.3) is 5.95 Å². The van der Waals surface area contributed by atoms with E-state index in [1.54, 1.807) is 0 Å². The molecule has 4 heterocycles. The van der Waals surface area contributed by atoms with Crippen molar-refractivity contribution in [1.29, 1.82) is 0 Å². The van der Waals surface area contributed by atoms with Crippen molar-refractivity contribution in [2.24, 2.45) is 0 Å². The number of nitrogens with zero attached hydrogens (tertiary/aromatic N) is 3. The van der Waals surface area contributed by atoms with Gasteiger partial charge in [-0.05, 0) is 18.0 Å². The molecule has 0 aromatic carbocycles. The second kappa shape index (κ2) is 4.51. The van der Waals surface area contributed by atoms with Crippen LogP contribution in [-0.2, 0) is 29.3 Å². The maximum Gasteiger partial charge on any atom is 0.421 e. The Hall–Kier alpha value is -2.49. The lowest BCUT2D eigenvalue weighted by Crippen LogP contribution is -2.54. The smallest absolute Gasteiger partial charge is 0.400 e. The Labute approximate surface area is 130 Å². The van der Waals surface area contributed by atoms with E-state index in [-0.39, 0.29) is 11.9 Å². The fourth-order valence-electron chi connectivity index (χ4n) is 3.48. The van der Waals surface area contributed by atoms with Gasteiger partial charge in [-0.25, -0.2) is 14.5 Å². The summed E-state index contributed by atoms with van der Waals surface area (Å²) in [6.45, 7) is 2.40. The van der Waals surface area contributed by atoms with Gasteiger partial charge in [0.2, 0.25) is 11.8 Å². The molecule has 0 aliphatic carbocycles. The van der Waals surface area contributed by atoms with Gasteiger partial charge >= 0.3 is 17.8 Å². The minimum Gasteiger partial charge on any atom is -0.400 e. The number of rotatable bonds is 2. The van der Waals surface area contributed by atoms with Crippen LogP contribution in [0.4, 0.5) is 5.95 Å².